The zero-order valence-electron chi connectivity index (χ0n) is 7.55. The molecule has 0 aromatic heterocycles. The monoisotopic (exact) mass is 162 g/mol. The number of carbonyl (C=O) groups is 1. The van der Waals surface area contributed by atoms with Gasteiger partial charge in [-0.3, -0.25) is 4.79 Å². The van der Waals surface area contributed by atoms with Gasteiger partial charge in [-0.15, -0.1) is 0 Å². The van der Waals surface area contributed by atoms with Gasteiger partial charge < -0.3 is 4.74 Å². The molecule has 0 heterocycles. The molecular weight excluding hydrogens is 151 g/mol. The molecule has 1 aromatic carbocycles. The van der Waals surface area contributed by atoms with Crippen molar-refractivity contribution in [3.8, 4) is 5.75 Å². The molecular formula is C9H11BO2. The third-order valence-corrected chi connectivity index (χ3v) is 2.08. The maximum absolute atomic E-state index is 10.7. The second kappa shape index (κ2) is 3.43. The van der Waals surface area contributed by atoms with Crippen molar-refractivity contribution in [3.05, 3.63) is 23.3 Å². The van der Waals surface area contributed by atoms with Crippen molar-refractivity contribution in [2.24, 2.45) is 0 Å². The smallest absolute Gasteiger partial charge is 0.154 e. The van der Waals surface area contributed by atoms with E-state index in [1.54, 1.807) is 7.11 Å². The first-order valence-corrected chi connectivity index (χ1v) is 3.80. The Balaban J connectivity index is 3.35. The van der Waals surface area contributed by atoms with Crippen LogP contribution in [0.3, 0.4) is 0 Å². The Morgan fingerprint density at radius 1 is 1.50 bits per heavy atom. The largest absolute Gasteiger partial charge is 0.496 e. The zero-order valence-corrected chi connectivity index (χ0v) is 7.55. The Morgan fingerprint density at radius 3 is 2.67 bits per heavy atom. The summed E-state index contributed by atoms with van der Waals surface area (Å²) in [6, 6.07) is 3.76. The van der Waals surface area contributed by atoms with Crippen LogP contribution < -0.4 is 10.2 Å². The molecule has 0 saturated heterocycles. The molecule has 1 aromatic rings. The van der Waals surface area contributed by atoms with E-state index in [0.29, 0.717) is 11.3 Å². The molecule has 0 amide bonds. The second-order valence-corrected chi connectivity index (χ2v) is 2.74. The number of rotatable bonds is 2. The summed E-state index contributed by atoms with van der Waals surface area (Å²) >= 11 is 0. The van der Waals surface area contributed by atoms with Crippen LogP contribution in [0.15, 0.2) is 12.1 Å². The fourth-order valence-electron chi connectivity index (χ4n) is 1.14. The maximum Gasteiger partial charge on any atom is 0.154 e. The third kappa shape index (κ3) is 1.35. The van der Waals surface area contributed by atoms with E-state index >= 15 is 0 Å². The molecule has 3 heteroatoms. The van der Waals surface area contributed by atoms with Crippen LogP contribution in [0.4, 0.5) is 0 Å². The first kappa shape index (κ1) is 8.85. The van der Waals surface area contributed by atoms with Gasteiger partial charge in [-0.05, 0) is 18.6 Å². The Kier molecular flexibility index (Phi) is 2.53. The average Bonchev–Trinajstić information content (AvgIpc) is 2.09. The molecule has 0 aliphatic rings. The van der Waals surface area contributed by atoms with Gasteiger partial charge in [0.25, 0.3) is 0 Å². The molecule has 0 fully saturated rings. The van der Waals surface area contributed by atoms with E-state index in [-0.39, 0.29) is 0 Å². The third-order valence-electron chi connectivity index (χ3n) is 2.08. The van der Waals surface area contributed by atoms with Gasteiger partial charge in [0, 0.05) is 0 Å². The number of carbonyl (C=O) groups excluding carboxylic acids is 1. The van der Waals surface area contributed by atoms with Crippen molar-refractivity contribution in [3.63, 3.8) is 0 Å². The number of hydrogen-bond acceptors (Lipinski definition) is 2. The van der Waals surface area contributed by atoms with Crippen molar-refractivity contribution in [2.75, 3.05) is 7.11 Å². The molecule has 0 saturated carbocycles. The highest BCUT2D eigenvalue weighted by molar-refractivity contribution is 6.33. The quantitative estimate of drug-likeness (QED) is 0.454. The minimum absolute atomic E-state index is 0.646. The van der Waals surface area contributed by atoms with Gasteiger partial charge in [0.1, 0.15) is 13.6 Å². The van der Waals surface area contributed by atoms with Crippen molar-refractivity contribution >= 4 is 19.6 Å². The van der Waals surface area contributed by atoms with Crippen LogP contribution in [0.5, 0.6) is 5.75 Å². The van der Waals surface area contributed by atoms with Crippen molar-refractivity contribution in [1.29, 1.82) is 0 Å². The minimum atomic E-state index is 0.646. The molecule has 0 spiro atoms. The average molecular weight is 162 g/mol. The highest BCUT2D eigenvalue weighted by atomic mass is 16.5. The van der Waals surface area contributed by atoms with E-state index in [0.717, 1.165) is 17.3 Å². The molecule has 0 aliphatic heterocycles. The molecule has 0 radical (unpaired) electrons. The molecule has 62 valence electrons. The van der Waals surface area contributed by atoms with Gasteiger partial charge in [0.05, 0.1) is 12.7 Å². The summed E-state index contributed by atoms with van der Waals surface area (Å²) in [7, 11) is 3.54. The normalized spacial score (nSPS) is 9.50. The van der Waals surface area contributed by atoms with E-state index in [1.807, 2.05) is 26.9 Å². The van der Waals surface area contributed by atoms with Crippen LogP contribution in [0.1, 0.15) is 15.9 Å². The van der Waals surface area contributed by atoms with Crippen LogP contribution >= 0.6 is 0 Å². The van der Waals surface area contributed by atoms with Crippen LogP contribution in [0.2, 0.25) is 0 Å². The number of aldehydes is 1. The van der Waals surface area contributed by atoms with Crippen LogP contribution in [-0.2, 0) is 0 Å². The van der Waals surface area contributed by atoms with Crippen molar-refractivity contribution < 1.29 is 9.53 Å². The molecule has 0 bridgehead atoms. The standard InChI is InChI=1S/C9H11BO2/c1-6-7(5-11)9(12-2)4-3-8(6)10/h3-5H,10H2,1-2H3. The lowest BCUT2D eigenvalue weighted by molar-refractivity contribution is 0.112. The molecule has 2 nitrogen and oxygen atoms in total. The molecule has 0 N–H and O–H groups in total. The second-order valence-electron chi connectivity index (χ2n) is 2.74. The van der Waals surface area contributed by atoms with Gasteiger partial charge in [-0.25, -0.2) is 0 Å². The Labute approximate surface area is 73.0 Å². The fraction of sp³-hybridized carbons (Fsp3) is 0.222. The summed E-state index contributed by atoms with van der Waals surface area (Å²) in [5.74, 6) is 0.646. The summed E-state index contributed by atoms with van der Waals surface area (Å²) in [5.41, 5.74) is 2.75. The molecule has 0 aliphatic carbocycles. The molecule has 12 heavy (non-hydrogen) atoms. The van der Waals surface area contributed by atoms with Crippen molar-refractivity contribution in [2.45, 2.75) is 6.92 Å². The van der Waals surface area contributed by atoms with Gasteiger partial charge in [-0.2, -0.15) is 0 Å². The van der Waals surface area contributed by atoms with Crippen LogP contribution in [0.25, 0.3) is 0 Å². The first-order valence-electron chi connectivity index (χ1n) is 3.80. The Bertz CT molecular complexity index is 308. The SMILES string of the molecule is Bc1ccc(OC)c(C=O)c1C. The van der Waals surface area contributed by atoms with Gasteiger partial charge in [0.2, 0.25) is 0 Å². The minimum Gasteiger partial charge on any atom is -0.496 e. The van der Waals surface area contributed by atoms with Gasteiger partial charge in [0.15, 0.2) is 6.29 Å². The number of methoxy groups -OCH3 is 1. The zero-order chi connectivity index (χ0) is 9.14. The highest BCUT2D eigenvalue weighted by Gasteiger charge is 2.06. The summed E-state index contributed by atoms with van der Waals surface area (Å²) in [6.45, 7) is 1.92. The Morgan fingerprint density at radius 2 is 2.17 bits per heavy atom. The fourth-order valence-corrected chi connectivity index (χ4v) is 1.14. The number of ether oxygens (including phenoxy) is 1. The first-order chi connectivity index (χ1) is 5.70. The summed E-state index contributed by atoms with van der Waals surface area (Å²) in [5, 5.41) is 0. The molecule has 1 rings (SSSR count). The lowest BCUT2D eigenvalue weighted by Gasteiger charge is -2.08. The lowest BCUT2D eigenvalue weighted by Crippen LogP contribution is -2.10. The summed E-state index contributed by atoms with van der Waals surface area (Å²) in [6.07, 6.45) is 0.834. The summed E-state index contributed by atoms with van der Waals surface area (Å²) in [4.78, 5) is 10.7. The van der Waals surface area contributed by atoms with Crippen molar-refractivity contribution in [1.82, 2.24) is 0 Å². The van der Waals surface area contributed by atoms with E-state index in [1.165, 1.54) is 0 Å². The predicted octanol–water partition coefficient (Wildman–Crippen LogP) is 0.0745. The predicted molar refractivity (Wildman–Crippen MR) is 51.3 cm³/mol. The molecule has 0 unspecified atom stereocenters. The topological polar surface area (TPSA) is 26.3 Å². The number of hydrogen-bond donors (Lipinski definition) is 0. The number of benzene rings is 1. The van der Waals surface area contributed by atoms with Crippen LogP contribution in [0, 0.1) is 6.92 Å². The van der Waals surface area contributed by atoms with E-state index in [9.17, 15) is 4.79 Å². The highest BCUT2D eigenvalue weighted by Crippen LogP contribution is 2.17. The lowest BCUT2D eigenvalue weighted by atomic mass is 9.88. The van der Waals surface area contributed by atoms with Gasteiger partial charge >= 0.3 is 0 Å². The maximum atomic E-state index is 10.7. The summed E-state index contributed by atoms with van der Waals surface area (Å²) < 4.78 is 5.04. The van der Waals surface area contributed by atoms with Gasteiger partial charge in [-0.1, -0.05) is 11.5 Å². The van der Waals surface area contributed by atoms with E-state index < -0.39 is 0 Å². The molecule has 0 atom stereocenters. The van der Waals surface area contributed by atoms with Crippen LogP contribution in [-0.4, -0.2) is 21.2 Å². The van der Waals surface area contributed by atoms with E-state index in [4.69, 9.17) is 4.74 Å². The van der Waals surface area contributed by atoms with E-state index in [2.05, 4.69) is 0 Å². The Hall–Kier alpha value is -1.25.